The Bertz CT molecular complexity index is 573. The molecule has 0 amide bonds. The van der Waals surface area contributed by atoms with Crippen LogP contribution < -0.4 is 0 Å². The predicted molar refractivity (Wildman–Crippen MR) is 104 cm³/mol. The van der Waals surface area contributed by atoms with Crippen molar-refractivity contribution in [1.82, 2.24) is 0 Å². The molecule has 1 fully saturated rings. The molecule has 0 radical (unpaired) electrons. The molecule has 148 valence electrons. The van der Waals surface area contributed by atoms with Gasteiger partial charge in [0.15, 0.2) is 0 Å². The van der Waals surface area contributed by atoms with Gasteiger partial charge in [0.1, 0.15) is 5.60 Å². The number of ether oxygens (including phenoxy) is 2. The molecule has 26 heavy (non-hydrogen) atoms. The van der Waals surface area contributed by atoms with Crippen LogP contribution in [-0.2, 0) is 14.3 Å². The first-order valence-electron chi connectivity index (χ1n) is 9.97. The van der Waals surface area contributed by atoms with E-state index in [2.05, 4.69) is 32.9 Å². The molecule has 0 spiro atoms. The average molecular weight is 365 g/mol. The molecule has 4 atom stereocenters. The van der Waals surface area contributed by atoms with Gasteiger partial charge in [-0.05, 0) is 65.2 Å². The van der Waals surface area contributed by atoms with E-state index in [9.17, 15) is 9.90 Å². The number of hydrogen-bond acceptors (Lipinski definition) is 4. The molecule has 4 heteroatoms. The van der Waals surface area contributed by atoms with Crippen LogP contribution in [0.2, 0.25) is 0 Å². The summed E-state index contributed by atoms with van der Waals surface area (Å²) < 4.78 is 12.0. The fourth-order valence-electron chi connectivity index (χ4n) is 4.08. The molecule has 4 nitrogen and oxygen atoms in total. The summed E-state index contributed by atoms with van der Waals surface area (Å²) in [5, 5.41) is 11.1. The van der Waals surface area contributed by atoms with E-state index in [-0.39, 0.29) is 18.2 Å². The van der Waals surface area contributed by atoms with Crippen LogP contribution in [0.25, 0.3) is 0 Å². The zero-order valence-corrected chi connectivity index (χ0v) is 17.3. The van der Waals surface area contributed by atoms with Gasteiger partial charge in [0.2, 0.25) is 0 Å². The number of fused-ring (bicyclic) bond motifs is 2. The molecule has 0 aromatic heterocycles. The van der Waals surface area contributed by atoms with Crippen LogP contribution in [0, 0.1) is 5.92 Å². The monoisotopic (exact) mass is 364 g/mol. The molecule has 2 rings (SSSR count). The fourth-order valence-corrected chi connectivity index (χ4v) is 4.08. The average Bonchev–Trinajstić information content (AvgIpc) is 2.51. The van der Waals surface area contributed by atoms with E-state index < -0.39 is 11.2 Å². The summed E-state index contributed by atoms with van der Waals surface area (Å²) in [6, 6.07) is 0. The lowest BCUT2D eigenvalue weighted by atomic mass is 9.79. The highest BCUT2D eigenvalue weighted by Gasteiger charge is 2.47. The summed E-state index contributed by atoms with van der Waals surface area (Å²) in [4.78, 5) is 11.6. The van der Waals surface area contributed by atoms with Gasteiger partial charge < -0.3 is 14.6 Å². The second-order valence-electron chi connectivity index (χ2n) is 8.86. The van der Waals surface area contributed by atoms with Gasteiger partial charge in [0.25, 0.3) is 0 Å². The van der Waals surface area contributed by atoms with E-state index in [1.165, 1.54) is 18.1 Å². The van der Waals surface area contributed by atoms with Crippen molar-refractivity contribution in [2.75, 3.05) is 0 Å². The van der Waals surface area contributed by atoms with Crippen LogP contribution in [0.5, 0.6) is 0 Å². The zero-order valence-electron chi connectivity index (χ0n) is 17.3. The molecule has 0 aromatic carbocycles. The third-order valence-electron chi connectivity index (χ3n) is 6.03. The number of aliphatic hydroxyl groups is 1. The van der Waals surface area contributed by atoms with Gasteiger partial charge in [-0.2, -0.15) is 0 Å². The van der Waals surface area contributed by atoms with E-state index in [0.717, 1.165) is 19.3 Å². The highest BCUT2D eigenvalue weighted by Crippen LogP contribution is 2.40. The highest BCUT2D eigenvalue weighted by molar-refractivity contribution is 5.66. The van der Waals surface area contributed by atoms with Crippen molar-refractivity contribution in [1.29, 1.82) is 0 Å². The third-order valence-corrected chi connectivity index (χ3v) is 6.03. The lowest BCUT2D eigenvalue weighted by Crippen LogP contribution is -2.56. The molecule has 1 saturated heterocycles. The summed E-state index contributed by atoms with van der Waals surface area (Å²) >= 11 is 0. The molecular weight excluding hydrogens is 328 g/mol. The lowest BCUT2D eigenvalue weighted by Gasteiger charge is -2.47. The van der Waals surface area contributed by atoms with Crippen LogP contribution in [0.3, 0.4) is 0 Å². The minimum atomic E-state index is -0.887. The number of carbonyl (C=O) groups excluding carboxylic acids is 1. The highest BCUT2D eigenvalue weighted by atomic mass is 16.6. The van der Waals surface area contributed by atoms with Crippen molar-refractivity contribution >= 4 is 5.97 Å². The molecule has 2 bridgehead atoms. The van der Waals surface area contributed by atoms with Crippen molar-refractivity contribution in [3.63, 3.8) is 0 Å². The molecule has 4 unspecified atom stereocenters. The Balaban J connectivity index is 2.32. The van der Waals surface area contributed by atoms with Crippen LogP contribution in [0.15, 0.2) is 23.3 Å². The minimum absolute atomic E-state index is 0.201. The lowest BCUT2D eigenvalue weighted by molar-refractivity contribution is -0.228. The standard InChI is InChI=1S/C22H36O4/c1-15(2)18-9-7-16(3)8-10-20-22(6,26-17(4)23)14-12-19(25-20)21(5,24)13-11-18/h7,9,15,19-20,24H,8,10-14H2,1-6H3. The number of carbonyl (C=O) groups is 1. The van der Waals surface area contributed by atoms with Gasteiger partial charge in [-0.25, -0.2) is 0 Å². The van der Waals surface area contributed by atoms with E-state index in [1.54, 1.807) is 0 Å². The van der Waals surface area contributed by atoms with E-state index in [1.807, 2.05) is 13.8 Å². The summed E-state index contributed by atoms with van der Waals surface area (Å²) in [6.45, 7) is 11.8. The van der Waals surface area contributed by atoms with E-state index in [0.29, 0.717) is 25.2 Å². The summed E-state index contributed by atoms with van der Waals surface area (Å²) in [7, 11) is 0. The molecule has 2 aliphatic heterocycles. The van der Waals surface area contributed by atoms with Crippen LogP contribution >= 0.6 is 0 Å². The van der Waals surface area contributed by atoms with Crippen LogP contribution in [0.4, 0.5) is 0 Å². The van der Waals surface area contributed by atoms with Crippen LogP contribution in [-0.4, -0.2) is 34.5 Å². The topological polar surface area (TPSA) is 55.8 Å². The third kappa shape index (κ3) is 5.20. The zero-order chi connectivity index (χ0) is 19.5. The minimum Gasteiger partial charge on any atom is -0.457 e. The Morgan fingerprint density at radius 3 is 2.50 bits per heavy atom. The van der Waals surface area contributed by atoms with Gasteiger partial charge in [0, 0.05) is 6.92 Å². The number of allylic oxidation sites excluding steroid dienone is 4. The molecular formula is C22H36O4. The maximum atomic E-state index is 11.6. The molecule has 2 heterocycles. The number of hydrogen-bond donors (Lipinski definition) is 1. The Morgan fingerprint density at radius 1 is 1.19 bits per heavy atom. The SMILES string of the molecule is CC(=O)OC1(C)CCC2OC1CCC(C)=CC=C(C(C)C)CCC2(C)O. The summed E-state index contributed by atoms with van der Waals surface area (Å²) in [6.07, 6.45) is 8.60. The summed E-state index contributed by atoms with van der Waals surface area (Å²) in [5.74, 6) is 0.189. The van der Waals surface area contributed by atoms with Gasteiger partial charge in [0.05, 0.1) is 17.8 Å². The van der Waals surface area contributed by atoms with Crippen molar-refractivity contribution in [3.05, 3.63) is 23.3 Å². The van der Waals surface area contributed by atoms with E-state index >= 15 is 0 Å². The van der Waals surface area contributed by atoms with Gasteiger partial charge in [-0.3, -0.25) is 4.79 Å². The first-order valence-corrected chi connectivity index (χ1v) is 9.97. The first kappa shape index (κ1) is 21.2. The second-order valence-corrected chi connectivity index (χ2v) is 8.86. The summed E-state index contributed by atoms with van der Waals surface area (Å²) in [5.41, 5.74) is 1.15. The molecule has 2 aliphatic rings. The van der Waals surface area contributed by atoms with Gasteiger partial charge >= 0.3 is 5.97 Å². The normalized spacial score (nSPS) is 36.5. The second kappa shape index (κ2) is 8.26. The predicted octanol–water partition coefficient (Wildman–Crippen LogP) is 4.71. The smallest absolute Gasteiger partial charge is 0.303 e. The quantitative estimate of drug-likeness (QED) is 0.721. The Labute approximate surface area is 158 Å². The maximum Gasteiger partial charge on any atom is 0.303 e. The fraction of sp³-hybridized carbons (Fsp3) is 0.773. The van der Waals surface area contributed by atoms with Gasteiger partial charge in [-0.1, -0.05) is 37.1 Å². The number of esters is 1. The Hall–Kier alpha value is -1.13. The largest absolute Gasteiger partial charge is 0.457 e. The molecule has 0 aliphatic carbocycles. The van der Waals surface area contributed by atoms with Crippen LogP contribution in [0.1, 0.15) is 80.1 Å². The number of rotatable bonds is 2. The van der Waals surface area contributed by atoms with Crippen molar-refractivity contribution in [2.45, 2.75) is 103 Å². The van der Waals surface area contributed by atoms with Crippen molar-refractivity contribution in [3.8, 4) is 0 Å². The molecule has 0 saturated carbocycles. The Morgan fingerprint density at radius 2 is 1.88 bits per heavy atom. The van der Waals surface area contributed by atoms with Crippen molar-refractivity contribution < 1.29 is 19.4 Å². The van der Waals surface area contributed by atoms with Gasteiger partial charge in [-0.15, -0.1) is 0 Å². The molecule has 0 aromatic rings. The first-order chi connectivity index (χ1) is 12.0. The van der Waals surface area contributed by atoms with E-state index in [4.69, 9.17) is 9.47 Å². The molecule has 1 N–H and O–H groups in total. The maximum absolute atomic E-state index is 11.6. The Kier molecular flexibility index (Phi) is 6.73. The van der Waals surface area contributed by atoms with Crippen molar-refractivity contribution in [2.24, 2.45) is 5.92 Å².